The van der Waals surface area contributed by atoms with Crippen LogP contribution in [0.3, 0.4) is 0 Å². The summed E-state index contributed by atoms with van der Waals surface area (Å²) in [5.74, 6) is 0.725. The van der Waals surface area contributed by atoms with Crippen LogP contribution in [-0.2, 0) is 4.79 Å². The molecule has 0 fully saturated rings. The van der Waals surface area contributed by atoms with Crippen LogP contribution in [0.5, 0.6) is 11.5 Å². The minimum atomic E-state index is -0.263. The molecular formula is C23H30N2O4. The fourth-order valence-electron chi connectivity index (χ4n) is 2.87. The van der Waals surface area contributed by atoms with Gasteiger partial charge >= 0.3 is 0 Å². The summed E-state index contributed by atoms with van der Waals surface area (Å²) in [5.41, 5.74) is 2.62. The van der Waals surface area contributed by atoms with E-state index in [9.17, 15) is 9.59 Å². The Morgan fingerprint density at radius 3 is 2.45 bits per heavy atom. The number of carbonyl (C=O) groups is 2. The van der Waals surface area contributed by atoms with Crippen LogP contribution >= 0.6 is 0 Å². The van der Waals surface area contributed by atoms with Crippen LogP contribution in [0.15, 0.2) is 36.4 Å². The van der Waals surface area contributed by atoms with Crippen molar-refractivity contribution >= 4 is 23.2 Å². The molecule has 0 spiro atoms. The van der Waals surface area contributed by atoms with Gasteiger partial charge in [0.05, 0.1) is 13.7 Å². The van der Waals surface area contributed by atoms with Crippen LogP contribution in [0.1, 0.15) is 55.5 Å². The van der Waals surface area contributed by atoms with E-state index in [1.807, 2.05) is 13.0 Å². The van der Waals surface area contributed by atoms with Crippen molar-refractivity contribution in [2.24, 2.45) is 0 Å². The summed E-state index contributed by atoms with van der Waals surface area (Å²) in [6, 6.07) is 10.5. The number of hydrogen-bond acceptors (Lipinski definition) is 4. The second-order valence-electron chi connectivity index (χ2n) is 6.94. The van der Waals surface area contributed by atoms with Crippen LogP contribution in [0.4, 0.5) is 11.4 Å². The third-order valence-corrected chi connectivity index (χ3v) is 4.49. The highest BCUT2D eigenvalue weighted by Gasteiger charge is 2.13. The topological polar surface area (TPSA) is 76.7 Å². The molecule has 156 valence electrons. The Hall–Kier alpha value is -3.02. The number of aryl methyl sites for hydroxylation is 1. The van der Waals surface area contributed by atoms with E-state index in [4.69, 9.17) is 9.47 Å². The SMILES string of the molecule is CCCCCCOc1ccc(C(=O)Nc2cc(NC(C)=O)ccc2C)cc1OC. The Labute approximate surface area is 172 Å². The summed E-state index contributed by atoms with van der Waals surface area (Å²) < 4.78 is 11.2. The van der Waals surface area contributed by atoms with E-state index in [1.165, 1.54) is 19.8 Å². The smallest absolute Gasteiger partial charge is 0.255 e. The van der Waals surface area contributed by atoms with E-state index in [0.29, 0.717) is 35.0 Å². The Morgan fingerprint density at radius 2 is 1.76 bits per heavy atom. The van der Waals surface area contributed by atoms with Crippen molar-refractivity contribution in [2.45, 2.75) is 46.5 Å². The highest BCUT2D eigenvalue weighted by molar-refractivity contribution is 6.05. The molecule has 2 rings (SSSR count). The molecule has 0 aliphatic carbocycles. The molecule has 0 saturated heterocycles. The van der Waals surface area contributed by atoms with Crippen LogP contribution in [0.2, 0.25) is 0 Å². The zero-order chi connectivity index (χ0) is 21.2. The van der Waals surface area contributed by atoms with Gasteiger partial charge in [-0.1, -0.05) is 32.3 Å². The Balaban J connectivity index is 2.08. The number of ether oxygens (including phenoxy) is 2. The molecule has 0 aromatic heterocycles. The number of amides is 2. The highest BCUT2D eigenvalue weighted by atomic mass is 16.5. The molecule has 6 nitrogen and oxygen atoms in total. The van der Waals surface area contributed by atoms with Crippen LogP contribution in [-0.4, -0.2) is 25.5 Å². The van der Waals surface area contributed by atoms with Gasteiger partial charge < -0.3 is 20.1 Å². The molecule has 0 aliphatic rings. The molecule has 2 aromatic carbocycles. The molecule has 0 atom stereocenters. The van der Waals surface area contributed by atoms with Gasteiger partial charge in [-0.3, -0.25) is 9.59 Å². The Bertz CT molecular complexity index is 849. The second-order valence-corrected chi connectivity index (χ2v) is 6.94. The van der Waals surface area contributed by atoms with E-state index in [2.05, 4.69) is 17.6 Å². The van der Waals surface area contributed by atoms with Crippen LogP contribution < -0.4 is 20.1 Å². The number of methoxy groups -OCH3 is 1. The van der Waals surface area contributed by atoms with Gasteiger partial charge in [-0.05, 0) is 49.2 Å². The van der Waals surface area contributed by atoms with E-state index >= 15 is 0 Å². The molecular weight excluding hydrogens is 368 g/mol. The first-order chi connectivity index (χ1) is 13.9. The number of hydrogen-bond donors (Lipinski definition) is 2. The molecule has 0 heterocycles. The monoisotopic (exact) mass is 398 g/mol. The number of rotatable bonds is 10. The van der Waals surface area contributed by atoms with Gasteiger partial charge in [0.2, 0.25) is 5.91 Å². The van der Waals surface area contributed by atoms with Crippen LogP contribution in [0, 0.1) is 6.92 Å². The molecule has 0 radical (unpaired) electrons. The van der Waals surface area contributed by atoms with Gasteiger partial charge in [0.15, 0.2) is 11.5 Å². The van der Waals surface area contributed by atoms with Crippen LogP contribution in [0.25, 0.3) is 0 Å². The number of nitrogens with one attached hydrogen (secondary N) is 2. The van der Waals surface area contributed by atoms with E-state index in [-0.39, 0.29) is 11.8 Å². The van der Waals surface area contributed by atoms with Gasteiger partial charge in [-0.15, -0.1) is 0 Å². The average Bonchev–Trinajstić information content (AvgIpc) is 2.70. The van der Waals surface area contributed by atoms with Gasteiger partial charge in [0, 0.05) is 23.9 Å². The summed E-state index contributed by atoms with van der Waals surface area (Å²) >= 11 is 0. The lowest BCUT2D eigenvalue weighted by Gasteiger charge is -2.14. The second kappa shape index (κ2) is 11.1. The molecule has 0 saturated carbocycles. The van der Waals surface area contributed by atoms with Gasteiger partial charge in [-0.2, -0.15) is 0 Å². The molecule has 6 heteroatoms. The van der Waals surface area contributed by atoms with Crippen molar-refractivity contribution in [1.29, 1.82) is 0 Å². The van der Waals surface area contributed by atoms with E-state index in [0.717, 1.165) is 18.4 Å². The van der Waals surface area contributed by atoms with Gasteiger partial charge in [-0.25, -0.2) is 0 Å². The summed E-state index contributed by atoms with van der Waals surface area (Å²) in [7, 11) is 1.56. The fourth-order valence-corrected chi connectivity index (χ4v) is 2.87. The average molecular weight is 399 g/mol. The van der Waals surface area contributed by atoms with Crippen molar-refractivity contribution in [3.05, 3.63) is 47.5 Å². The van der Waals surface area contributed by atoms with Crippen molar-refractivity contribution in [3.63, 3.8) is 0 Å². The molecule has 2 amide bonds. The molecule has 29 heavy (non-hydrogen) atoms. The summed E-state index contributed by atoms with van der Waals surface area (Å²) in [6.45, 7) is 6.13. The van der Waals surface area contributed by atoms with Crippen molar-refractivity contribution in [3.8, 4) is 11.5 Å². The Kier molecular flexibility index (Phi) is 8.52. The summed E-state index contributed by atoms with van der Waals surface area (Å²) in [4.78, 5) is 24.0. The first kappa shape index (κ1) is 22.3. The predicted octanol–water partition coefficient (Wildman–Crippen LogP) is 5.17. The molecule has 0 bridgehead atoms. The largest absolute Gasteiger partial charge is 0.493 e. The lowest BCUT2D eigenvalue weighted by atomic mass is 10.1. The highest BCUT2D eigenvalue weighted by Crippen LogP contribution is 2.29. The van der Waals surface area contributed by atoms with Crippen molar-refractivity contribution < 1.29 is 19.1 Å². The number of carbonyl (C=O) groups excluding carboxylic acids is 2. The van der Waals surface area contributed by atoms with Gasteiger partial charge in [0.1, 0.15) is 0 Å². The molecule has 0 unspecified atom stereocenters. The quantitative estimate of drug-likeness (QED) is 0.541. The fraction of sp³-hybridized carbons (Fsp3) is 0.391. The number of benzene rings is 2. The zero-order valence-corrected chi connectivity index (χ0v) is 17.6. The third kappa shape index (κ3) is 6.82. The maximum Gasteiger partial charge on any atom is 0.255 e. The van der Waals surface area contributed by atoms with E-state index in [1.54, 1.807) is 37.4 Å². The zero-order valence-electron chi connectivity index (χ0n) is 17.6. The maximum atomic E-state index is 12.7. The minimum Gasteiger partial charge on any atom is -0.493 e. The Morgan fingerprint density at radius 1 is 0.966 bits per heavy atom. The van der Waals surface area contributed by atoms with Crippen molar-refractivity contribution in [1.82, 2.24) is 0 Å². The minimum absolute atomic E-state index is 0.166. The molecule has 2 N–H and O–H groups in total. The first-order valence-electron chi connectivity index (χ1n) is 9.95. The number of anilines is 2. The standard InChI is InChI=1S/C23H30N2O4/c1-5-6-7-8-13-29-21-12-10-18(14-22(21)28-4)23(27)25-20-15-19(24-17(3)26)11-9-16(20)2/h9-12,14-15H,5-8,13H2,1-4H3,(H,24,26)(H,25,27). The normalized spacial score (nSPS) is 10.3. The summed E-state index contributed by atoms with van der Waals surface area (Å²) in [5, 5.41) is 5.61. The van der Waals surface area contributed by atoms with Gasteiger partial charge in [0.25, 0.3) is 5.91 Å². The van der Waals surface area contributed by atoms with Crippen molar-refractivity contribution in [2.75, 3.05) is 24.4 Å². The lowest BCUT2D eigenvalue weighted by Crippen LogP contribution is -2.14. The third-order valence-electron chi connectivity index (χ3n) is 4.49. The predicted molar refractivity (Wildman–Crippen MR) is 116 cm³/mol. The first-order valence-corrected chi connectivity index (χ1v) is 9.95. The van der Waals surface area contributed by atoms with E-state index < -0.39 is 0 Å². The summed E-state index contributed by atoms with van der Waals surface area (Å²) in [6.07, 6.45) is 4.50. The lowest BCUT2D eigenvalue weighted by molar-refractivity contribution is -0.114. The number of unbranched alkanes of at least 4 members (excludes halogenated alkanes) is 3. The molecule has 2 aromatic rings. The molecule has 0 aliphatic heterocycles. The maximum absolute atomic E-state index is 12.7.